The second-order valence-corrected chi connectivity index (χ2v) is 12.6. The predicted octanol–water partition coefficient (Wildman–Crippen LogP) is 7.88. The fraction of sp³-hybridized carbons (Fsp3) is 0.219. The second-order valence-electron chi connectivity index (χ2n) is 11.1. The van der Waals surface area contributed by atoms with Crippen LogP contribution in [0.1, 0.15) is 38.0 Å². The largest absolute Gasteiger partial charge is 0.479 e. The lowest BCUT2D eigenvalue weighted by molar-refractivity contribution is -0.160. The van der Waals surface area contributed by atoms with E-state index in [0.29, 0.717) is 21.3 Å². The minimum absolute atomic E-state index is 0.589. The first-order valence-electron chi connectivity index (χ1n) is 13.3. The number of fused-ring (bicyclic) bond motifs is 2. The summed E-state index contributed by atoms with van der Waals surface area (Å²) in [4.78, 5) is 26.9. The highest BCUT2D eigenvalue weighted by Gasteiger charge is 2.32. The molecule has 212 valence electrons. The first-order valence-corrected chi connectivity index (χ1v) is 14.5. The van der Waals surface area contributed by atoms with Crippen molar-refractivity contribution in [3.63, 3.8) is 0 Å². The van der Waals surface area contributed by atoms with Crippen LogP contribution in [0, 0.1) is 6.92 Å². The van der Waals surface area contributed by atoms with Gasteiger partial charge in [-0.05, 0) is 69.2 Å². The molecule has 6 rings (SSSR count). The monoisotopic (exact) mass is 597 g/mol. The smallest absolute Gasteiger partial charge is 0.337 e. The third kappa shape index (κ3) is 5.27. The molecule has 3 heterocycles. The van der Waals surface area contributed by atoms with E-state index < -0.39 is 17.7 Å². The molecule has 0 bridgehead atoms. The maximum absolute atomic E-state index is 12.6. The molecule has 0 saturated heterocycles. The highest BCUT2D eigenvalue weighted by Crippen LogP contribution is 2.44. The Morgan fingerprint density at radius 3 is 2.43 bits per heavy atom. The molecule has 0 aliphatic heterocycles. The average Bonchev–Trinajstić information content (AvgIpc) is 3.54. The SMILES string of the molecule is Cc1cc2nc(-c3cncc(-c4ccc5c(cnn5C)c4)n3)sc2c(-c2ccc(Cl)cc2)c1C(OC(C)(C)C)C(=O)O. The molecule has 3 aromatic heterocycles. The molecule has 1 unspecified atom stereocenters. The van der Waals surface area contributed by atoms with Gasteiger partial charge >= 0.3 is 5.97 Å². The normalized spacial score (nSPS) is 12.7. The van der Waals surface area contributed by atoms with E-state index in [1.165, 1.54) is 11.3 Å². The minimum Gasteiger partial charge on any atom is -0.479 e. The molecule has 42 heavy (non-hydrogen) atoms. The first kappa shape index (κ1) is 28.0. The molecule has 3 aromatic carbocycles. The van der Waals surface area contributed by atoms with Crippen molar-refractivity contribution >= 4 is 50.0 Å². The van der Waals surface area contributed by atoms with Gasteiger partial charge in [0.05, 0.1) is 45.6 Å². The Kier molecular flexibility index (Phi) is 7.04. The van der Waals surface area contributed by atoms with E-state index in [-0.39, 0.29) is 0 Å². The summed E-state index contributed by atoms with van der Waals surface area (Å²) in [5.74, 6) is -1.06. The Hall–Kier alpha value is -4.18. The van der Waals surface area contributed by atoms with Gasteiger partial charge in [-0.25, -0.2) is 14.8 Å². The van der Waals surface area contributed by atoms with E-state index in [0.717, 1.165) is 49.1 Å². The zero-order valence-electron chi connectivity index (χ0n) is 23.7. The van der Waals surface area contributed by atoms with E-state index in [1.807, 2.05) is 82.0 Å². The Bertz CT molecular complexity index is 1980. The molecule has 0 aliphatic rings. The Balaban J connectivity index is 1.53. The minimum atomic E-state index is -1.18. The van der Waals surface area contributed by atoms with Crippen molar-refractivity contribution in [2.45, 2.75) is 39.4 Å². The van der Waals surface area contributed by atoms with E-state index in [9.17, 15) is 9.90 Å². The van der Waals surface area contributed by atoms with Crippen molar-refractivity contribution in [1.82, 2.24) is 24.7 Å². The lowest BCUT2D eigenvalue weighted by atomic mass is 9.91. The van der Waals surface area contributed by atoms with Crippen LogP contribution in [-0.2, 0) is 16.6 Å². The van der Waals surface area contributed by atoms with E-state index >= 15 is 0 Å². The third-order valence-electron chi connectivity index (χ3n) is 6.91. The predicted molar refractivity (Wildman–Crippen MR) is 167 cm³/mol. The van der Waals surface area contributed by atoms with Crippen molar-refractivity contribution in [2.75, 3.05) is 0 Å². The molecule has 8 nitrogen and oxygen atoms in total. The highest BCUT2D eigenvalue weighted by atomic mass is 35.5. The van der Waals surface area contributed by atoms with Gasteiger partial charge in [-0.15, -0.1) is 11.3 Å². The van der Waals surface area contributed by atoms with Crippen molar-refractivity contribution in [3.8, 4) is 33.1 Å². The van der Waals surface area contributed by atoms with Crippen LogP contribution in [0.15, 0.2) is 67.1 Å². The van der Waals surface area contributed by atoms with Gasteiger partial charge in [-0.2, -0.15) is 5.10 Å². The number of halogens is 1. The number of hydrogen-bond donors (Lipinski definition) is 1. The van der Waals surface area contributed by atoms with Crippen LogP contribution in [0.25, 0.3) is 54.2 Å². The number of aromatic nitrogens is 5. The van der Waals surface area contributed by atoms with Crippen LogP contribution < -0.4 is 0 Å². The number of aliphatic carboxylic acids is 1. The highest BCUT2D eigenvalue weighted by molar-refractivity contribution is 7.22. The standard InChI is InChI=1S/C32H28ClN5O3S/c1-17-12-22-29(27(18-6-9-21(33)10-7-18)26(17)28(31(39)40)41-32(2,3)4)42-30(37-22)24-16-34-15-23(36-24)19-8-11-25-20(13-19)14-35-38(25)5/h6-16,28H,1-5H3,(H,39,40). The number of thiazole rings is 1. The Labute approximate surface area is 251 Å². The molecule has 6 aromatic rings. The molecule has 0 radical (unpaired) electrons. The number of carbonyl (C=O) groups is 1. The molecule has 1 N–H and O–H groups in total. The van der Waals surface area contributed by atoms with Crippen molar-refractivity contribution < 1.29 is 14.6 Å². The molecule has 0 amide bonds. The van der Waals surface area contributed by atoms with Crippen LogP contribution in [0.4, 0.5) is 0 Å². The lowest BCUT2D eigenvalue weighted by Gasteiger charge is -2.28. The zero-order valence-corrected chi connectivity index (χ0v) is 25.3. The van der Waals surface area contributed by atoms with E-state index in [1.54, 1.807) is 24.5 Å². The van der Waals surface area contributed by atoms with Gasteiger partial charge in [0.2, 0.25) is 0 Å². The van der Waals surface area contributed by atoms with Crippen molar-refractivity contribution in [3.05, 3.63) is 83.3 Å². The van der Waals surface area contributed by atoms with Gasteiger partial charge < -0.3 is 9.84 Å². The van der Waals surface area contributed by atoms with Gasteiger partial charge in [0.15, 0.2) is 6.10 Å². The third-order valence-corrected chi connectivity index (χ3v) is 8.28. The van der Waals surface area contributed by atoms with Crippen molar-refractivity contribution in [1.29, 1.82) is 0 Å². The topological polar surface area (TPSA) is 103 Å². The second kappa shape index (κ2) is 10.6. The molecular formula is C32H28ClN5O3S. The summed E-state index contributed by atoms with van der Waals surface area (Å²) < 4.78 is 8.79. The van der Waals surface area contributed by atoms with Crippen LogP contribution in [0.3, 0.4) is 0 Å². The molecule has 1 atom stereocenters. The van der Waals surface area contributed by atoms with Gasteiger partial charge in [0.25, 0.3) is 0 Å². The van der Waals surface area contributed by atoms with E-state index in [4.69, 9.17) is 26.3 Å². The van der Waals surface area contributed by atoms with Crippen molar-refractivity contribution in [2.24, 2.45) is 7.05 Å². The lowest BCUT2D eigenvalue weighted by Crippen LogP contribution is -2.28. The number of aryl methyl sites for hydroxylation is 2. The summed E-state index contributed by atoms with van der Waals surface area (Å²) in [6, 6.07) is 15.4. The molecule has 10 heteroatoms. The number of carboxylic acid groups (broad SMARTS) is 1. The Morgan fingerprint density at radius 2 is 1.71 bits per heavy atom. The molecular weight excluding hydrogens is 570 g/mol. The van der Waals surface area contributed by atoms with Gasteiger partial charge in [0, 0.05) is 34.1 Å². The van der Waals surface area contributed by atoms with Crippen LogP contribution >= 0.6 is 22.9 Å². The van der Waals surface area contributed by atoms with E-state index in [2.05, 4.69) is 10.1 Å². The Morgan fingerprint density at radius 1 is 1.00 bits per heavy atom. The molecule has 0 aliphatic carbocycles. The molecule has 0 fully saturated rings. The maximum atomic E-state index is 12.6. The number of hydrogen-bond acceptors (Lipinski definition) is 7. The van der Waals surface area contributed by atoms with Crippen LogP contribution in [-0.4, -0.2) is 41.4 Å². The summed E-state index contributed by atoms with van der Waals surface area (Å²) >= 11 is 7.67. The number of carboxylic acids is 1. The zero-order chi connectivity index (χ0) is 29.8. The van der Waals surface area contributed by atoms with Gasteiger partial charge in [0.1, 0.15) is 10.7 Å². The number of nitrogens with zero attached hydrogens (tertiary/aromatic N) is 5. The first-order chi connectivity index (χ1) is 20.0. The molecule has 0 spiro atoms. The molecule has 0 saturated carbocycles. The van der Waals surface area contributed by atoms with Crippen LogP contribution in [0.5, 0.6) is 0 Å². The average molecular weight is 598 g/mol. The number of benzene rings is 3. The summed E-state index contributed by atoms with van der Waals surface area (Å²) in [6.07, 6.45) is 4.07. The summed E-state index contributed by atoms with van der Waals surface area (Å²) in [6.45, 7) is 7.44. The number of rotatable bonds is 6. The summed E-state index contributed by atoms with van der Waals surface area (Å²) in [5, 5.41) is 16.9. The van der Waals surface area contributed by atoms with Gasteiger partial charge in [-0.3, -0.25) is 9.67 Å². The quantitative estimate of drug-likeness (QED) is 0.208. The summed E-state index contributed by atoms with van der Waals surface area (Å²) in [5.41, 5.74) is 6.30. The fourth-order valence-electron chi connectivity index (χ4n) is 5.08. The van der Waals surface area contributed by atoms with Gasteiger partial charge in [-0.1, -0.05) is 29.8 Å². The number of ether oxygens (including phenoxy) is 1. The summed E-state index contributed by atoms with van der Waals surface area (Å²) in [7, 11) is 1.91. The fourth-order valence-corrected chi connectivity index (χ4v) is 6.28. The maximum Gasteiger partial charge on any atom is 0.337 e. The van der Waals surface area contributed by atoms with Crippen LogP contribution in [0.2, 0.25) is 5.02 Å².